The Labute approximate surface area is 86.4 Å². The molecule has 0 bridgehead atoms. The lowest BCUT2D eigenvalue weighted by Crippen LogP contribution is -1.98. The van der Waals surface area contributed by atoms with E-state index in [1.54, 1.807) is 18.2 Å². The summed E-state index contributed by atoms with van der Waals surface area (Å²) in [7, 11) is 0. The predicted octanol–water partition coefficient (Wildman–Crippen LogP) is 1.88. The lowest BCUT2D eigenvalue weighted by Gasteiger charge is -1.99. The van der Waals surface area contributed by atoms with Crippen LogP contribution in [0, 0.1) is 11.3 Å². The van der Waals surface area contributed by atoms with Crippen molar-refractivity contribution in [2.24, 2.45) is 0 Å². The minimum absolute atomic E-state index is 0.0940. The Balaban J connectivity index is 2.51. The molecule has 0 aliphatic heterocycles. The quantitative estimate of drug-likeness (QED) is 0.818. The molecule has 0 radical (unpaired) electrons. The van der Waals surface area contributed by atoms with E-state index in [0.717, 1.165) is 5.56 Å². The van der Waals surface area contributed by atoms with Crippen LogP contribution >= 0.6 is 11.8 Å². The number of thioether (sulfide) groups is 1. The van der Waals surface area contributed by atoms with E-state index in [9.17, 15) is 4.79 Å². The van der Waals surface area contributed by atoms with Gasteiger partial charge >= 0.3 is 5.97 Å². The van der Waals surface area contributed by atoms with Gasteiger partial charge in [0.25, 0.3) is 0 Å². The van der Waals surface area contributed by atoms with Crippen LogP contribution in [-0.2, 0) is 10.5 Å². The SMILES string of the molecule is N#Cc1cccc(CSCC(=O)O)c1. The van der Waals surface area contributed by atoms with E-state index in [2.05, 4.69) is 0 Å². The minimum atomic E-state index is -0.813. The first-order valence-corrected chi connectivity index (χ1v) is 5.16. The number of carbonyl (C=O) groups is 1. The van der Waals surface area contributed by atoms with Crippen molar-refractivity contribution in [1.82, 2.24) is 0 Å². The highest BCUT2D eigenvalue weighted by molar-refractivity contribution is 7.99. The molecular weight excluding hydrogens is 198 g/mol. The van der Waals surface area contributed by atoms with Gasteiger partial charge in [-0.1, -0.05) is 12.1 Å². The molecule has 1 N–H and O–H groups in total. The Morgan fingerprint density at radius 2 is 2.36 bits per heavy atom. The standard InChI is InChI=1S/C10H9NO2S/c11-5-8-2-1-3-9(4-8)6-14-7-10(12)13/h1-4H,6-7H2,(H,12,13). The first-order valence-electron chi connectivity index (χ1n) is 4.01. The summed E-state index contributed by atoms with van der Waals surface area (Å²) in [6.45, 7) is 0. The number of aliphatic carboxylic acids is 1. The monoisotopic (exact) mass is 207 g/mol. The summed E-state index contributed by atoms with van der Waals surface area (Å²) in [5, 5.41) is 17.0. The van der Waals surface area contributed by atoms with Crippen molar-refractivity contribution in [1.29, 1.82) is 5.26 Å². The van der Waals surface area contributed by atoms with Gasteiger partial charge < -0.3 is 5.11 Å². The second-order valence-electron chi connectivity index (χ2n) is 2.70. The highest BCUT2D eigenvalue weighted by atomic mass is 32.2. The molecule has 0 fully saturated rings. The summed E-state index contributed by atoms with van der Waals surface area (Å²) < 4.78 is 0. The van der Waals surface area contributed by atoms with Crippen LogP contribution < -0.4 is 0 Å². The molecule has 0 saturated carbocycles. The van der Waals surface area contributed by atoms with Crippen LogP contribution in [0.1, 0.15) is 11.1 Å². The lowest BCUT2D eigenvalue weighted by molar-refractivity contribution is -0.133. The van der Waals surface area contributed by atoms with Crippen LogP contribution in [0.5, 0.6) is 0 Å². The van der Waals surface area contributed by atoms with E-state index >= 15 is 0 Å². The van der Waals surface area contributed by atoms with Gasteiger partial charge in [-0.05, 0) is 17.7 Å². The van der Waals surface area contributed by atoms with Gasteiger partial charge in [0.15, 0.2) is 0 Å². The van der Waals surface area contributed by atoms with Crippen LogP contribution in [0.3, 0.4) is 0 Å². The van der Waals surface area contributed by atoms with Gasteiger partial charge in [0.2, 0.25) is 0 Å². The van der Waals surface area contributed by atoms with Crippen LogP contribution in [0.2, 0.25) is 0 Å². The Hall–Kier alpha value is -1.47. The van der Waals surface area contributed by atoms with Crippen LogP contribution in [-0.4, -0.2) is 16.8 Å². The number of nitrogens with zero attached hydrogens (tertiary/aromatic N) is 1. The second-order valence-corrected chi connectivity index (χ2v) is 3.68. The molecule has 0 saturated heterocycles. The number of benzene rings is 1. The third kappa shape index (κ3) is 3.50. The van der Waals surface area contributed by atoms with Gasteiger partial charge in [-0.3, -0.25) is 4.79 Å². The average molecular weight is 207 g/mol. The molecule has 0 atom stereocenters. The fourth-order valence-corrected chi connectivity index (χ4v) is 1.68. The topological polar surface area (TPSA) is 61.1 Å². The summed E-state index contributed by atoms with van der Waals surface area (Å²) in [5.74, 6) is -0.0926. The Morgan fingerprint density at radius 3 is 3.00 bits per heavy atom. The van der Waals surface area contributed by atoms with Crippen LogP contribution in [0.15, 0.2) is 24.3 Å². The molecule has 0 amide bonds. The Bertz CT molecular complexity index is 371. The van der Waals surface area contributed by atoms with Crippen molar-refractivity contribution in [2.45, 2.75) is 5.75 Å². The summed E-state index contributed by atoms with van der Waals surface area (Å²) in [6, 6.07) is 9.23. The van der Waals surface area contributed by atoms with E-state index in [1.807, 2.05) is 12.1 Å². The van der Waals surface area contributed by atoms with Crippen LogP contribution in [0.4, 0.5) is 0 Å². The number of hydrogen-bond donors (Lipinski definition) is 1. The van der Waals surface area contributed by atoms with Crippen molar-refractivity contribution < 1.29 is 9.90 Å². The highest BCUT2D eigenvalue weighted by Gasteiger charge is 1.99. The van der Waals surface area contributed by atoms with E-state index < -0.39 is 5.97 Å². The fraction of sp³-hybridized carbons (Fsp3) is 0.200. The zero-order valence-corrected chi connectivity index (χ0v) is 8.25. The van der Waals surface area contributed by atoms with Gasteiger partial charge in [0.05, 0.1) is 17.4 Å². The predicted molar refractivity (Wildman–Crippen MR) is 55.0 cm³/mol. The first kappa shape index (κ1) is 10.6. The van der Waals surface area contributed by atoms with Crippen molar-refractivity contribution in [3.63, 3.8) is 0 Å². The Kier molecular flexibility index (Phi) is 4.02. The van der Waals surface area contributed by atoms with Crippen molar-refractivity contribution in [2.75, 3.05) is 5.75 Å². The number of carboxylic acid groups (broad SMARTS) is 1. The van der Waals surface area contributed by atoms with Crippen molar-refractivity contribution >= 4 is 17.7 Å². The largest absolute Gasteiger partial charge is 0.481 e. The third-order valence-corrected chi connectivity index (χ3v) is 2.54. The third-order valence-electron chi connectivity index (χ3n) is 1.55. The molecule has 0 aromatic heterocycles. The number of rotatable bonds is 4. The van der Waals surface area contributed by atoms with Gasteiger partial charge in [-0.25, -0.2) is 0 Å². The number of carboxylic acids is 1. The van der Waals surface area contributed by atoms with E-state index in [0.29, 0.717) is 11.3 Å². The highest BCUT2D eigenvalue weighted by Crippen LogP contribution is 2.13. The summed E-state index contributed by atoms with van der Waals surface area (Å²) in [5.41, 5.74) is 1.59. The summed E-state index contributed by atoms with van der Waals surface area (Å²) in [4.78, 5) is 10.2. The van der Waals surface area contributed by atoms with Gasteiger partial charge in [-0.15, -0.1) is 11.8 Å². The molecule has 0 unspecified atom stereocenters. The fourth-order valence-electron chi connectivity index (χ4n) is 0.987. The average Bonchev–Trinajstić information content (AvgIpc) is 2.18. The molecule has 1 rings (SSSR count). The first-order chi connectivity index (χ1) is 6.72. The van der Waals surface area contributed by atoms with E-state index in [-0.39, 0.29) is 5.75 Å². The molecule has 0 aliphatic carbocycles. The van der Waals surface area contributed by atoms with Crippen molar-refractivity contribution in [3.8, 4) is 6.07 Å². The van der Waals surface area contributed by atoms with Crippen LogP contribution in [0.25, 0.3) is 0 Å². The number of nitriles is 1. The zero-order chi connectivity index (χ0) is 10.4. The molecule has 0 heterocycles. The van der Waals surface area contributed by atoms with E-state index in [4.69, 9.17) is 10.4 Å². The molecular formula is C10H9NO2S. The van der Waals surface area contributed by atoms with Gasteiger partial charge in [-0.2, -0.15) is 5.26 Å². The molecule has 4 heteroatoms. The molecule has 0 aliphatic rings. The lowest BCUT2D eigenvalue weighted by atomic mass is 10.2. The maximum Gasteiger partial charge on any atom is 0.313 e. The second kappa shape index (κ2) is 5.30. The summed E-state index contributed by atoms with van der Waals surface area (Å²) in [6.07, 6.45) is 0. The normalized spacial score (nSPS) is 9.36. The molecule has 1 aromatic carbocycles. The molecule has 1 aromatic rings. The zero-order valence-electron chi connectivity index (χ0n) is 7.43. The molecule has 72 valence electrons. The minimum Gasteiger partial charge on any atom is -0.481 e. The molecule has 3 nitrogen and oxygen atoms in total. The van der Waals surface area contributed by atoms with Gasteiger partial charge in [0, 0.05) is 5.75 Å². The maximum atomic E-state index is 10.2. The van der Waals surface area contributed by atoms with Gasteiger partial charge in [0.1, 0.15) is 0 Å². The molecule has 14 heavy (non-hydrogen) atoms. The smallest absolute Gasteiger partial charge is 0.313 e. The maximum absolute atomic E-state index is 10.2. The van der Waals surface area contributed by atoms with Crippen molar-refractivity contribution in [3.05, 3.63) is 35.4 Å². The molecule has 0 spiro atoms. The van der Waals surface area contributed by atoms with E-state index in [1.165, 1.54) is 11.8 Å². The summed E-state index contributed by atoms with van der Waals surface area (Å²) >= 11 is 1.32. The number of hydrogen-bond acceptors (Lipinski definition) is 3. The Morgan fingerprint density at radius 1 is 1.57 bits per heavy atom.